The van der Waals surface area contributed by atoms with E-state index in [9.17, 15) is 0 Å². The lowest BCUT2D eigenvalue weighted by molar-refractivity contribution is 0.0347. The highest BCUT2D eigenvalue weighted by Crippen LogP contribution is 2.28. The molecule has 2 atom stereocenters. The molecule has 0 radical (unpaired) electrons. The van der Waals surface area contributed by atoms with Crippen molar-refractivity contribution in [3.05, 3.63) is 23.8 Å². The second kappa shape index (κ2) is 13.3. The standard InChI is InChI=1S/C22H37N3O4/c1-5-23-22(25-17(3)15-29-19-11-13-27-16-19)24-12-7-8-18-9-10-20(26-4)21(14-18)28-6-2/h9-10,14,17,19H,5-8,11-13,15-16H2,1-4H3,(H2,23,24,25). The minimum absolute atomic E-state index is 0.184. The van der Waals surface area contributed by atoms with Crippen LogP contribution >= 0.6 is 0 Å². The summed E-state index contributed by atoms with van der Waals surface area (Å²) in [5, 5.41) is 6.72. The Morgan fingerprint density at radius 2 is 2.17 bits per heavy atom. The smallest absolute Gasteiger partial charge is 0.191 e. The molecular formula is C22H37N3O4. The van der Waals surface area contributed by atoms with Crippen LogP contribution < -0.4 is 20.1 Å². The van der Waals surface area contributed by atoms with E-state index in [2.05, 4.69) is 36.6 Å². The maximum absolute atomic E-state index is 5.88. The molecule has 2 rings (SSSR count). The summed E-state index contributed by atoms with van der Waals surface area (Å²) in [7, 11) is 1.66. The summed E-state index contributed by atoms with van der Waals surface area (Å²) in [6.45, 7) is 10.5. The lowest BCUT2D eigenvalue weighted by atomic mass is 10.1. The van der Waals surface area contributed by atoms with Gasteiger partial charge in [0.05, 0.1) is 33.0 Å². The first-order valence-electron chi connectivity index (χ1n) is 10.7. The average Bonchev–Trinajstić information content (AvgIpc) is 3.24. The Morgan fingerprint density at radius 1 is 1.31 bits per heavy atom. The Balaban J connectivity index is 1.78. The monoisotopic (exact) mass is 407 g/mol. The molecule has 29 heavy (non-hydrogen) atoms. The van der Waals surface area contributed by atoms with Gasteiger partial charge in [0.1, 0.15) is 0 Å². The van der Waals surface area contributed by atoms with Gasteiger partial charge >= 0.3 is 0 Å². The predicted molar refractivity (Wildman–Crippen MR) is 116 cm³/mol. The fourth-order valence-corrected chi connectivity index (χ4v) is 3.14. The number of guanidine groups is 1. The number of nitrogens with one attached hydrogen (secondary N) is 2. The number of nitrogens with zero attached hydrogens (tertiary/aromatic N) is 1. The van der Waals surface area contributed by atoms with Crippen molar-refractivity contribution in [2.45, 2.75) is 52.2 Å². The highest BCUT2D eigenvalue weighted by molar-refractivity contribution is 5.80. The molecule has 1 heterocycles. The third-order valence-corrected chi connectivity index (χ3v) is 4.62. The Hall–Kier alpha value is -1.99. The van der Waals surface area contributed by atoms with Crippen LogP contribution in [0.2, 0.25) is 0 Å². The van der Waals surface area contributed by atoms with Gasteiger partial charge in [0.15, 0.2) is 17.5 Å². The Bertz CT molecular complexity index is 618. The molecule has 7 nitrogen and oxygen atoms in total. The molecule has 2 unspecified atom stereocenters. The van der Waals surface area contributed by atoms with Gasteiger partial charge in [-0.15, -0.1) is 0 Å². The molecule has 164 valence electrons. The fourth-order valence-electron chi connectivity index (χ4n) is 3.14. The maximum atomic E-state index is 5.88. The molecule has 1 fully saturated rings. The van der Waals surface area contributed by atoms with Crippen molar-refractivity contribution < 1.29 is 18.9 Å². The van der Waals surface area contributed by atoms with Crippen LogP contribution in [0.1, 0.15) is 39.2 Å². The molecule has 0 aliphatic carbocycles. The van der Waals surface area contributed by atoms with E-state index in [1.165, 1.54) is 5.56 Å². The van der Waals surface area contributed by atoms with Crippen LogP contribution in [0.4, 0.5) is 0 Å². The second-order valence-corrected chi connectivity index (χ2v) is 7.15. The van der Waals surface area contributed by atoms with Crippen molar-refractivity contribution in [1.82, 2.24) is 10.6 Å². The zero-order valence-electron chi connectivity index (χ0n) is 18.3. The summed E-state index contributed by atoms with van der Waals surface area (Å²) in [6, 6.07) is 6.29. The molecule has 7 heteroatoms. The first-order valence-corrected chi connectivity index (χ1v) is 10.7. The topological polar surface area (TPSA) is 73.3 Å². The van der Waals surface area contributed by atoms with Gasteiger partial charge in [-0.2, -0.15) is 0 Å². The van der Waals surface area contributed by atoms with E-state index >= 15 is 0 Å². The van der Waals surface area contributed by atoms with E-state index in [0.717, 1.165) is 56.4 Å². The van der Waals surface area contributed by atoms with Crippen molar-refractivity contribution in [1.29, 1.82) is 0 Å². The van der Waals surface area contributed by atoms with Crippen molar-refractivity contribution in [3.8, 4) is 11.5 Å². The van der Waals surface area contributed by atoms with Crippen LogP contribution in [0.3, 0.4) is 0 Å². The first kappa shape index (κ1) is 23.3. The van der Waals surface area contributed by atoms with Crippen molar-refractivity contribution >= 4 is 5.96 Å². The van der Waals surface area contributed by atoms with E-state index in [1.807, 2.05) is 13.0 Å². The number of aliphatic imine (C=N–C) groups is 1. The number of hydrogen-bond donors (Lipinski definition) is 2. The van der Waals surface area contributed by atoms with E-state index in [0.29, 0.717) is 19.8 Å². The van der Waals surface area contributed by atoms with Crippen LogP contribution in [0.25, 0.3) is 0 Å². The van der Waals surface area contributed by atoms with E-state index < -0.39 is 0 Å². The van der Waals surface area contributed by atoms with E-state index in [1.54, 1.807) is 7.11 Å². The lowest BCUT2D eigenvalue weighted by Gasteiger charge is -2.19. The average molecular weight is 408 g/mol. The third kappa shape index (κ3) is 8.50. The van der Waals surface area contributed by atoms with E-state index in [-0.39, 0.29) is 12.1 Å². The number of hydrogen-bond acceptors (Lipinski definition) is 5. The van der Waals surface area contributed by atoms with Crippen LogP contribution in [0, 0.1) is 0 Å². The maximum Gasteiger partial charge on any atom is 0.191 e. The SMILES string of the molecule is CCNC(=NCCCc1ccc(OC)c(OCC)c1)NC(C)COC1CCOC1. The molecule has 0 aromatic heterocycles. The summed E-state index contributed by atoms with van der Waals surface area (Å²) >= 11 is 0. The summed E-state index contributed by atoms with van der Waals surface area (Å²) in [5.41, 5.74) is 1.22. The molecular weight excluding hydrogens is 370 g/mol. The van der Waals surface area contributed by atoms with Gasteiger partial charge in [0.2, 0.25) is 0 Å². The number of rotatable bonds is 12. The van der Waals surface area contributed by atoms with Crippen LogP contribution in [-0.4, -0.2) is 64.7 Å². The molecule has 0 amide bonds. The fraction of sp³-hybridized carbons (Fsp3) is 0.682. The molecule has 1 aromatic carbocycles. The summed E-state index contributed by atoms with van der Waals surface area (Å²) in [6.07, 6.45) is 3.11. The highest BCUT2D eigenvalue weighted by atomic mass is 16.5. The first-order chi connectivity index (χ1) is 14.2. The largest absolute Gasteiger partial charge is 0.493 e. The van der Waals surface area contributed by atoms with Crippen LogP contribution in [0.15, 0.2) is 23.2 Å². The Kier molecular flexibility index (Phi) is 10.7. The van der Waals surface area contributed by atoms with Gasteiger partial charge in [0.25, 0.3) is 0 Å². The van der Waals surface area contributed by atoms with Crippen LogP contribution in [0.5, 0.6) is 11.5 Å². The number of ether oxygens (including phenoxy) is 4. The second-order valence-electron chi connectivity index (χ2n) is 7.15. The molecule has 1 aromatic rings. The molecule has 1 aliphatic rings. The van der Waals surface area contributed by atoms with Gasteiger partial charge in [-0.3, -0.25) is 4.99 Å². The predicted octanol–water partition coefficient (Wildman–Crippen LogP) is 2.78. The van der Waals surface area contributed by atoms with Gasteiger partial charge < -0.3 is 29.6 Å². The number of benzene rings is 1. The molecule has 0 saturated carbocycles. The highest BCUT2D eigenvalue weighted by Gasteiger charge is 2.17. The van der Waals surface area contributed by atoms with Crippen molar-refractivity contribution in [2.75, 3.05) is 46.6 Å². The van der Waals surface area contributed by atoms with Gasteiger partial charge in [-0.25, -0.2) is 0 Å². The molecule has 0 bridgehead atoms. The summed E-state index contributed by atoms with van der Waals surface area (Å²) < 4.78 is 22.2. The van der Waals surface area contributed by atoms with Gasteiger partial charge in [0, 0.05) is 25.7 Å². The Morgan fingerprint density at radius 3 is 2.86 bits per heavy atom. The summed E-state index contributed by atoms with van der Waals surface area (Å²) in [5.74, 6) is 2.40. The molecule has 1 saturated heterocycles. The van der Waals surface area contributed by atoms with Crippen molar-refractivity contribution in [3.63, 3.8) is 0 Å². The molecule has 0 spiro atoms. The normalized spacial score (nSPS) is 17.8. The van der Waals surface area contributed by atoms with Gasteiger partial charge in [-0.1, -0.05) is 6.07 Å². The zero-order valence-corrected chi connectivity index (χ0v) is 18.3. The van der Waals surface area contributed by atoms with Crippen molar-refractivity contribution in [2.24, 2.45) is 4.99 Å². The quantitative estimate of drug-likeness (QED) is 0.315. The van der Waals surface area contributed by atoms with Crippen LogP contribution in [-0.2, 0) is 15.9 Å². The third-order valence-electron chi connectivity index (χ3n) is 4.62. The summed E-state index contributed by atoms with van der Waals surface area (Å²) in [4.78, 5) is 4.70. The zero-order chi connectivity index (χ0) is 20.9. The minimum Gasteiger partial charge on any atom is -0.493 e. The van der Waals surface area contributed by atoms with Gasteiger partial charge in [-0.05, 0) is 57.7 Å². The number of aryl methyl sites for hydroxylation is 1. The lowest BCUT2D eigenvalue weighted by Crippen LogP contribution is -2.44. The Labute approximate surface area is 175 Å². The number of methoxy groups -OCH3 is 1. The molecule has 2 N–H and O–H groups in total. The molecule has 1 aliphatic heterocycles. The van der Waals surface area contributed by atoms with E-state index in [4.69, 9.17) is 23.9 Å². The minimum atomic E-state index is 0.184.